The Morgan fingerprint density at radius 2 is 1.81 bits per heavy atom. The van der Waals surface area contributed by atoms with Gasteiger partial charge in [-0.3, -0.25) is 9.10 Å². The van der Waals surface area contributed by atoms with Crippen LogP contribution in [0.15, 0.2) is 42.5 Å². The average molecular weight is 449 g/mol. The van der Waals surface area contributed by atoms with Crippen molar-refractivity contribution < 1.29 is 27.4 Å². The minimum Gasteiger partial charge on any atom is -0.491 e. The van der Waals surface area contributed by atoms with E-state index >= 15 is 0 Å². The maximum absolute atomic E-state index is 12.8. The summed E-state index contributed by atoms with van der Waals surface area (Å²) in [5.41, 5.74) is 1.19. The topological polar surface area (TPSA) is 94.2 Å². The van der Waals surface area contributed by atoms with E-state index in [1.165, 1.54) is 0 Å². The van der Waals surface area contributed by atoms with Crippen molar-refractivity contribution >= 4 is 21.6 Å². The van der Waals surface area contributed by atoms with Crippen molar-refractivity contribution in [3.8, 4) is 17.2 Å². The zero-order valence-corrected chi connectivity index (χ0v) is 18.9. The molecule has 3 rings (SSSR count). The molecule has 1 atom stereocenters. The van der Waals surface area contributed by atoms with E-state index in [0.29, 0.717) is 36.1 Å². The van der Waals surface area contributed by atoms with Gasteiger partial charge in [-0.1, -0.05) is 12.1 Å². The van der Waals surface area contributed by atoms with E-state index in [2.05, 4.69) is 5.32 Å². The smallest absolute Gasteiger partial charge is 0.243 e. The van der Waals surface area contributed by atoms with Crippen molar-refractivity contribution in [3.05, 3.63) is 48.0 Å². The number of hydrogen-bond acceptors (Lipinski definition) is 6. The molecule has 0 radical (unpaired) electrons. The molecule has 0 saturated carbocycles. The van der Waals surface area contributed by atoms with E-state index < -0.39 is 22.0 Å². The van der Waals surface area contributed by atoms with Gasteiger partial charge in [-0.2, -0.15) is 0 Å². The lowest BCUT2D eigenvalue weighted by Gasteiger charge is -2.29. The van der Waals surface area contributed by atoms with Crippen molar-refractivity contribution in [2.45, 2.75) is 39.5 Å². The normalized spacial score (nSPS) is 14.1. The maximum atomic E-state index is 12.8. The number of benzene rings is 2. The Bertz CT molecular complexity index is 1040. The summed E-state index contributed by atoms with van der Waals surface area (Å²) in [5.74, 6) is 1.29. The number of ether oxygens (including phenoxy) is 3. The number of fused-ring (bicyclic) bond motifs is 1. The van der Waals surface area contributed by atoms with Crippen LogP contribution in [0.25, 0.3) is 0 Å². The summed E-state index contributed by atoms with van der Waals surface area (Å²) in [7, 11) is -3.74. The number of nitrogens with one attached hydrogen (secondary N) is 1. The van der Waals surface area contributed by atoms with Crippen molar-refractivity contribution in [2.75, 3.05) is 23.8 Å². The molecule has 8 nitrogen and oxygen atoms in total. The largest absolute Gasteiger partial charge is 0.491 e. The molecule has 2 aromatic carbocycles. The first kappa shape index (κ1) is 22.7. The van der Waals surface area contributed by atoms with E-state index in [1.54, 1.807) is 25.1 Å². The Labute approximate surface area is 183 Å². The highest BCUT2D eigenvalue weighted by Gasteiger charge is 2.30. The first-order chi connectivity index (χ1) is 14.6. The molecule has 1 amide bonds. The number of carbonyl (C=O) groups is 1. The number of carbonyl (C=O) groups excluding carboxylic acids is 1. The Balaban J connectivity index is 1.75. The van der Waals surface area contributed by atoms with Crippen LogP contribution in [0.4, 0.5) is 5.69 Å². The van der Waals surface area contributed by atoms with Gasteiger partial charge in [0.2, 0.25) is 15.9 Å². The summed E-state index contributed by atoms with van der Waals surface area (Å²) in [6.45, 7) is 6.49. The molecule has 2 aromatic rings. The van der Waals surface area contributed by atoms with Crippen molar-refractivity contribution in [3.63, 3.8) is 0 Å². The second-order valence-corrected chi connectivity index (χ2v) is 9.45. The monoisotopic (exact) mass is 448 g/mol. The van der Waals surface area contributed by atoms with Crippen LogP contribution >= 0.6 is 0 Å². The van der Waals surface area contributed by atoms with Crippen LogP contribution in [-0.4, -0.2) is 45.9 Å². The molecule has 1 N–H and O–H groups in total. The van der Waals surface area contributed by atoms with Gasteiger partial charge >= 0.3 is 0 Å². The van der Waals surface area contributed by atoms with Crippen LogP contribution in [-0.2, 0) is 21.4 Å². The third-order valence-electron chi connectivity index (χ3n) is 4.61. The Morgan fingerprint density at radius 3 is 2.48 bits per heavy atom. The number of anilines is 1. The fourth-order valence-electron chi connectivity index (χ4n) is 3.32. The summed E-state index contributed by atoms with van der Waals surface area (Å²) >= 11 is 0. The quantitative estimate of drug-likeness (QED) is 0.667. The molecular formula is C22H28N2O6S. The highest BCUT2D eigenvalue weighted by atomic mass is 32.2. The standard InChI is InChI=1S/C22H28N2O6S/c1-15(2)30-19-7-5-6-17(12-19)14-23-22(25)16(3)24(31(4,26)27)18-8-9-20-21(13-18)29-11-10-28-20/h5-9,12-13,15-16H,10-11,14H2,1-4H3,(H,23,25). The highest BCUT2D eigenvalue weighted by Crippen LogP contribution is 2.35. The first-order valence-corrected chi connectivity index (χ1v) is 11.9. The van der Waals surface area contributed by atoms with Crippen molar-refractivity contribution in [1.82, 2.24) is 5.32 Å². The molecule has 0 bridgehead atoms. The Kier molecular flexibility index (Phi) is 6.94. The summed E-state index contributed by atoms with van der Waals surface area (Å²) in [5, 5.41) is 2.81. The van der Waals surface area contributed by atoms with Gasteiger partial charge in [0.15, 0.2) is 11.5 Å². The molecule has 0 aromatic heterocycles. The zero-order valence-electron chi connectivity index (χ0n) is 18.1. The van der Waals surface area contributed by atoms with Crippen molar-refractivity contribution in [2.24, 2.45) is 0 Å². The van der Waals surface area contributed by atoms with Gasteiger partial charge in [-0.05, 0) is 50.6 Å². The lowest BCUT2D eigenvalue weighted by atomic mass is 10.2. The lowest BCUT2D eigenvalue weighted by Crippen LogP contribution is -2.47. The van der Waals surface area contributed by atoms with Crippen LogP contribution in [0, 0.1) is 0 Å². The summed E-state index contributed by atoms with van der Waals surface area (Å²) in [6.07, 6.45) is 1.11. The minimum atomic E-state index is -3.74. The van der Waals surface area contributed by atoms with Gasteiger partial charge in [0.05, 0.1) is 18.0 Å². The molecule has 1 heterocycles. The Morgan fingerprint density at radius 1 is 1.10 bits per heavy atom. The fraction of sp³-hybridized carbons (Fsp3) is 0.409. The predicted molar refractivity (Wildman–Crippen MR) is 118 cm³/mol. The molecule has 9 heteroatoms. The number of hydrogen-bond donors (Lipinski definition) is 1. The number of amides is 1. The molecule has 31 heavy (non-hydrogen) atoms. The Hall–Kier alpha value is -2.94. The van der Waals surface area contributed by atoms with E-state index in [4.69, 9.17) is 14.2 Å². The van der Waals surface area contributed by atoms with Crippen molar-refractivity contribution in [1.29, 1.82) is 0 Å². The van der Waals surface area contributed by atoms with Gasteiger partial charge in [0.25, 0.3) is 0 Å². The van der Waals surface area contributed by atoms with Gasteiger partial charge in [0.1, 0.15) is 25.0 Å². The van der Waals surface area contributed by atoms with E-state index in [1.807, 2.05) is 38.1 Å². The SMILES string of the molecule is CC(C)Oc1cccc(CNC(=O)C(C)N(c2ccc3c(c2)OCCO3)S(C)(=O)=O)c1. The molecule has 1 unspecified atom stereocenters. The zero-order chi connectivity index (χ0) is 22.6. The van der Waals surface area contributed by atoms with Crippen LogP contribution in [0.3, 0.4) is 0 Å². The number of nitrogens with zero attached hydrogens (tertiary/aromatic N) is 1. The molecule has 0 aliphatic carbocycles. The maximum Gasteiger partial charge on any atom is 0.243 e. The second kappa shape index (κ2) is 9.47. The van der Waals surface area contributed by atoms with Gasteiger partial charge in [0, 0.05) is 12.6 Å². The fourth-order valence-corrected chi connectivity index (χ4v) is 4.48. The van der Waals surface area contributed by atoms with E-state index in [9.17, 15) is 13.2 Å². The third-order valence-corrected chi connectivity index (χ3v) is 5.85. The summed E-state index contributed by atoms with van der Waals surface area (Å²) in [6, 6.07) is 11.3. The number of rotatable bonds is 8. The third kappa shape index (κ3) is 5.81. The van der Waals surface area contributed by atoms with Gasteiger partial charge < -0.3 is 19.5 Å². The van der Waals surface area contributed by atoms with Crippen LogP contribution < -0.4 is 23.8 Å². The molecule has 1 aliphatic heterocycles. The van der Waals surface area contributed by atoms with E-state index in [-0.39, 0.29) is 12.6 Å². The second-order valence-electron chi connectivity index (χ2n) is 7.59. The van der Waals surface area contributed by atoms with Crippen LogP contribution in [0.5, 0.6) is 17.2 Å². The molecular weight excluding hydrogens is 420 g/mol. The van der Waals surface area contributed by atoms with E-state index in [0.717, 1.165) is 16.1 Å². The highest BCUT2D eigenvalue weighted by molar-refractivity contribution is 7.92. The lowest BCUT2D eigenvalue weighted by molar-refractivity contribution is -0.122. The van der Waals surface area contributed by atoms with Crippen LogP contribution in [0.2, 0.25) is 0 Å². The van der Waals surface area contributed by atoms with Gasteiger partial charge in [-0.25, -0.2) is 8.42 Å². The summed E-state index contributed by atoms with van der Waals surface area (Å²) < 4.78 is 42.8. The average Bonchev–Trinajstić information content (AvgIpc) is 2.70. The minimum absolute atomic E-state index is 0.0409. The molecule has 0 saturated heterocycles. The molecule has 0 fully saturated rings. The number of sulfonamides is 1. The summed E-state index contributed by atoms with van der Waals surface area (Å²) in [4.78, 5) is 12.8. The molecule has 168 valence electrons. The molecule has 1 aliphatic rings. The molecule has 0 spiro atoms. The van der Waals surface area contributed by atoms with Gasteiger partial charge in [-0.15, -0.1) is 0 Å². The van der Waals surface area contributed by atoms with Crippen LogP contribution in [0.1, 0.15) is 26.3 Å². The predicted octanol–water partition coefficient (Wildman–Crippen LogP) is 2.72. The first-order valence-electron chi connectivity index (χ1n) is 10.1.